The molecule has 4 rings (SSSR count). The van der Waals surface area contributed by atoms with E-state index in [9.17, 15) is 22.8 Å². The molecule has 1 aliphatic heterocycles. The Hall–Kier alpha value is -2.30. The Morgan fingerprint density at radius 1 is 1.28 bits per heavy atom. The first-order valence-corrected chi connectivity index (χ1v) is 10.2. The minimum atomic E-state index is -1.35. The molecule has 0 saturated heterocycles. The Kier molecular flexibility index (Phi) is 5.18. The molecule has 2 heterocycles. The predicted octanol–water partition coefficient (Wildman–Crippen LogP) is 4.85. The van der Waals surface area contributed by atoms with Gasteiger partial charge >= 0.3 is 5.97 Å². The van der Waals surface area contributed by atoms with Crippen molar-refractivity contribution < 1.29 is 27.9 Å². The molecule has 0 aliphatic carbocycles. The van der Waals surface area contributed by atoms with Crippen molar-refractivity contribution in [3.63, 3.8) is 0 Å². The average molecular weight is 459 g/mol. The van der Waals surface area contributed by atoms with Crippen LogP contribution in [0, 0.1) is 17.5 Å². The number of thioether (sulfide) groups is 1. The third-order valence-corrected chi connectivity index (χ3v) is 7.04. The zero-order valence-electron chi connectivity index (χ0n) is 14.3. The Labute approximate surface area is 175 Å². The lowest BCUT2D eigenvalue weighted by molar-refractivity contribution is -0.138. The van der Waals surface area contributed by atoms with Crippen LogP contribution in [0.25, 0.3) is 10.2 Å². The molecule has 1 atom stereocenters. The number of fused-ring (bicyclic) bond motifs is 2. The number of benzene rings is 2. The summed E-state index contributed by atoms with van der Waals surface area (Å²) in [6.45, 7) is -0.164. The van der Waals surface area contributed by atoms with E-state index in [1.54, 1.807) is 18.2 Å². The van der Waals surface area contributed by atoms with Crippen LogP contribution < -0.4 is 4.90 Å². The van der Waals surface area contributed by atoms with Gasteiger partial charge in [-0.25, -0.2) is 18.2 Å². The van der Waals surface area contributed by atoms with E-state index >= 15 is 0 Å². The van der Waals surface area contributed by atoms with E-state index in [0.29, 0.717) is 21.7 Å². The highest BCUT2D eigenvalue weighted by atomic mass is 35.5. The van der Waals surface area contributed by atoms with Gasteiger partial charge in [0.25, 0.3) is 0 Å². The minimum absolute atomic E-state index is 0.161. The van der Waals surface area contributed by atoms with Crippen molar-refractivity contribution in [1.29, 1.82) is 0 Å². The third kappa shape index (κ3) is 3.56. The Morgan fingerprint density at radius 3 is 2.76 bits per heavy atom. The first-order chi connectivity index (χ1) is 13.8. The fraction of sp³-hybridized carbons (Fsp3) is 0.167. The highest BCUT2D eigenvalue weighted by molar-refractivity contribution is 8.01. The van der Waals surface area contributed by atoms with E-state index in [1.807, 2.05) is 0 Å². The van der Waals surface area contributed by atoms with Gasteiger partial charge in [-0.3, -0.25) is 9.59 Å². The number of aromatic nitrogens is 1. The number of thiazole rings is 1. The quantitative estimate of drug-likeness (QED) is 0.566. The highest BCUT2D eigenvalue weighted by Gasteiger charge is 2.36. The maximum atomic E-state index is 14.0. The number of carbonyl (C=O) groups excluding carboxylic acids is 1. The van der Waals surface area contributed by atoms with Crippen molar-refractivity contribution in [3.8, 4) is 0 Å². The lowest BCUT2D eigenvalue weighted by Gasteiger charge is -2.33. The molecule has 0 radical (unpaired) electrons. The number of carboxylic acids is 1. The summed E-state index contributed by atoms with van der Waals surface area (Å²) in [6, 6.07) is 5.33. The summed E-state index contributed by atoms with van der Waals surface area (Å²) in [4.78, 5) is 29.8. The zero-order chi connectivity index (χ0) is 20.9. The Morgan fingerprint density at radius 2 is 2.03 bits per heavy atom. The largest absolute Gasteiger partial charge is 0.481 e. The number of hydrogen-bond donors (Lipinski definition) is 1. The molecule has 1 aromatic heterocycles. The first-order valence-electron chi connectivity index (χ1n) is 8.17. The van der Waals surface area contributed by atoms with Crippen molar-refractivity contribution in [1.82, 2.24) is 4.98 Å². The van der Waals surface area contributed by atoms with Gasteiger partial charge < -0.3 is 10.0 Å². The number of aliphatic carboxylic acids is 1. The molecule has 1 N–H and O–H groups in total. The molecule has 1 aliphatic rings. The second-order valence-corrected chi connectivity index (χ2v) is 8.86. The molecule has 11 heteroatoms. The van der Waals surface area contributed by atoms with Crippen LogP contribution in [0.1, 0.15) is 11.4 Å². The lowest BCUT2D eigenvalue weighted by Crippen LogP contribution is -2.41. The van der Waals surface area contributed by atoms with Crippen LogP contribution in [0.15, 0.2) is 29.2 Å². The molecule has 3 aromatic rings. The summed E-state index contributed by atoms with van der Waals surface area (Å²) in [5, 5.41) is 8.72. The van der Waals surface area contributed by atoms with E-state index in [1.165, 1.54) is 4.90 Å². The van der Waals surface area contributed by atoms with Gasteiger partial charge in [0.2, 0.25) is 5.91 Å². The number of hydrogen-bond acceptors (Lipinski definition) is 5. The smallest absolute Gasteiger partial charge is 0.305 e. The maximum Gasteiger partial charge on any atom is 0.305 e. The number of carboxylic acid groups (broad SMARTS) is 1. The molecule has 1 amide bonds. The van der Waals surface area contributed by atoms with Crippen LogP contribution in [0.2, 0.25) is 5.02 Å². The molecule has 0 saturated carbocycles. The Bertz CT molecular complexity index is 1170. The number of nitrogens with zero attached hydrogens (tertiary/aromatic N) is 2. The number of rotatable bonds is 4. The van der Waals surface area contributed by atoms with Gasteiger partial charge in [0, 0.05) is 6.07 Å². The molecule has 0 bridgehead atoms. The summed E-state index contributed by atoms with van der Waals surface area (Å²) in [6.07, 6.45) is -0.418. The number of halogens is 4. The van der Waals surface area contributed by atoms with Gasteiger partial charge in [0.1, 0.15) is 16.3 Å². The van der Waals surface area contributed by atoms with Crippen LogP contribution in [0.5, 0.6) is 0 Å². The fourth-order valence-corrected chi connectivity index (χ4v) is 5.47. The first kappa shape index (κ1) is 20.0. The second kappa shape index (κ2) is 7.51. The molecule has 150 valence electrons. The molecule has 1 unspecified atom stereocenters. The van der Waals surface area contributed by atoms with Crippen molar-refractivity contribution in [3.05, 3.63) is 51.7 Å². The summed E-state index contributed by atoms with van der Waals surface area (Å²) in [7, 11) is 0. The van der Waals surface area contributed by atoms with E-state index in [2.05, 4.69) is 4.98 Å². The lowest BCUT2D eigenvalue weighted by atomic mass is 10.2. The van der Waals surface area contributed by atoms with Crippen molar-refractivity contribution >= 4 is 62.5 Å². The van der Waals surface area contributed by atoms with Gasteiger partial charge in [0.05, 0.1) is 38.5 Å². The van der Waals surface area contributed by atoms with E-state index in [0.717, 1.165) is 23.1 Å². The molecule has 0 fully saturated rings. The zero-order valence-corrected chi connectivity index (χ0v) is 16.7. The summed E-state index contributed by atoms with van der Waals surface area (Å²) >= 11 is 8.07. The maximum absolute atomic E-state index is 14.0. The monoisotopic (exact) mass is 458 g/mol. The highest BCUT2D eigenvalue weighted by Crippen LogP contribution is 2.45. The standard InChI is InChI=1S/C18H10ClF3N2O3S2/c19-7-2-1-3-10-16(7)28-11(5-13(25)26)18(27)24(10)6-12-23-15-14(22)8(20)4-9(21)17(15)29-12/h1-4,11H,5-6H2,(H,25,26). The number of carbonyl (C=O) groups is 2. The number of amides is 1. The predicted molar refractivity (Wildman–Crippen MR) is 104 cm³/mol. The van der Waals surface area contributed by atoms with Crippen LogP contribution >= 0.6 is 34.7 Å². The molecule has 5 nitrogen and oxygen atoms in total. The van der Waals surface area contributed by atoms with E-state index < -0.39 is 46.5 Å². The van der Waals surface area contributed by atoms with Crippen LogP contribution in [0.4, 0.5) is 18.9 Å². The van der Waals surface area contributed by atoms with Gasteiger partial charge in [-0.1, -0.05) is 17.7 Å². The molecule has 29 heavy (non-hydrogen) atoms. The summed E-state index contributed by atoms with van der Waals surface area (Å²) in [5.74, 6) is -5.20. The SMILES string of the molecule is O=C(O)CC1Sc2c(Cl)cccc2N(Cc2nc3c(F)c(F)cc(F)c3s2)C1=O. The van der Waals surface area contributed by atoms with Gasteiger partial charge in [-0.05, 0) is 12.1 Å². The van der Waals surface area contributed by atoms with Gasteiger partial charge in [0.15, 0.2) is 11.6 Å². The Balaban J connectivity index is 1.77. The topological polar surface area (TPSA) is 70.5 Å². The number of anilines is 1. The van der Waals surface area contributed by atoms with E-state index in [4.69, 9.17) is 16.7 Å². The molecule has 2 aromatic carbocycles. The molecular formula is C18H10ClF3N2O3S2. The molecule has 0 spiro atoms. The van der Waals surface area contributed by atoms with Gasteiger partial charge in [-0.2, -0.15) is 0 Å². The van der Waals surface area contributed by atoms with E-state index in [-0.39, 0.29) is 16.3 Å². The second-order valence-electron chi connectivity index (χ2n) is 6.16. The van der Waals surface area contributed by atoms with Crippen LogP contribution in [-0.2, 0) is 16.1 Å². The fourth-order valence-electron chi connectivity index (χ4n) is 2.99. The summed E-state index contributed by atoms with van der Waals surface area (Å²) in [5.41, 5.74) is -0.00439. The van der Waals surface area contributed by atoms with Crippen molar-refractivity contribution in [2.45, 2.75) is 23.1 Å². The third-order valence-electron chi connectivity index (χ3n) is 4.25. The molecular weight excluding hydrogens is 449 g/mol. The minimum Gasteiger partial charge on any atom is -0.481 e. The van der Waals surface area contributed by atoms with Crippen molar-refractivity contribution in [2.75, 3.05) is 4.90 Å². The van der Waals surface area contributed by atoms with Crippen LogP contribution in [0.3, 0.4) is 0 Å². The average Bonchev–Trinajstić information content (AvgIpc) is 3.08. The normalized spacial score (nSPS) is 16.3. The van der Waals surface area contributed by atoms with Crippen molar-refractivity contribution in [2.24, 2.45) is 0 Å². The van der Waals surface area contributed by atoms with Gasteiger partial charge in [-0.15, -0.1) is 23.1 Å². The summed E-state index contributed by atoms with van der Waals surface area (Å²) < 4.78 is 41.3. The van der Waals surface area contributed by atoms with Crippen LogP contribution in [-0.4, -0.2) is 27.2 Å².